The molecule has 5 nitrogen and oxygen atoms in total. The molecule has 1 aliphatic rings. The van der Waals surface area contributed by atoms with Gasteiger partial charge in [0, 0.05) is 41.9 Å². The lowest BCUT2D eigenvalue weighted by atomic mass is 10.4. The maximum absolute atomic E-state index is 11.4. The van der Waals surface area contributed by atoms with E-state index in [1.807, 2.05) is 0 Å². The van der Waals surface area contributed by atoms with Gasteiger partial charge in [-0.05, 0) is 0 Å². The van der Waals surface area contributed by atoms with Crippen molar-refractivity contribution in [2.24, 2.45) is 5.73 Å². The third kappa shape index (κ3) is 3.73. The maximum Gasteiger partial charge on any atom is 0.248 e. The standard InChI is InChI=1S/C8H16N2O3S/c9-1-4-13-7-8(11)10-2-5-14(12)6-3-10/h1-7,9H2. The Morgan fingerprint density at radius 2 is 2.07 bits per heavy atom. The molecule has 0 aliphatic carbocycles. The van der Waals surface area contributed by atoms with E-state index in [4.69, 9.17) is 10.5 Å². The Bertz CT molecular complexity index is 213. The van der Waals surface area contributed by atoms with Crippen LogP contribution >= 0.6 is 0 Å². The van der Waals surface area contributed by atoms with Gasteiger partial charge in [-0.25, -0.2) is 0 Å². The Kier molecular flexibility index (Phi) is 5.06. The Morgan fingerprint density at radius 1 is 1.43 bits per heavy atom. The number of ether oxygens (including phenoxy) is 1. The third-order valence-electron chi connectivity index (χ3n) is 2.02. The summed E-state index contributed by atoms with van der Waals surface area (Å²) in [5, 5.41) is 0. The summed E-state index contributed by atoms with van der Waals surface area (Å²) >= 11 is 0. The molecule has 6 heteroatoms. The fourth-order valence-electron chi connectivity index (χ4n) is 1.22. The topological polar surface area (TPSA) is 72.6 Å². The van der Waals surface area contributed by atoms with Crippen LogP contribution < -0.4 is 5.73 Å². The highest BCUT2D eigenvalue weighted by Gasteiger charge is 2.19. The van der Waals surface area contributed by atoms with Crippen LogP contribution in [0, 0.1) is 0 Å². The van der Waals surface area contributed by atoms with Gasteiger partial charge >= 0.3 is 0 Å². The van der Waals surface area contributed by atoms with Gasteiger partial charge in [0.05, 0.1) is 6.61 Å². The van der Waals surface area contributed by atoms with Crippen molar-refractivity contribution in [1.82, 2.24) is 4.90 Å². The molecule has 1 saturated heterocycles. The van der Waals surface area contributed by atoms with Crippen molar-refractivity contribution in [3.63, 3.8) is 0 Å². The summed E-state index contributed by atoms with van der Waals surface area (Å²) in [6, 6.07) is 0. The van der Waals surface area contributed by atoms with E-state index in [0.29, 0.717) is 37.7 Å². The molecule has 0 spiro atoms. The van der Waals surface area contributed by atoms with Crippen molar-refractivity contribution >= 4 is 16.7 Å². The molecule has 1 aliphatic heterocycles. The highest BCUT2D eigenvalue weighted by atomic mass is 32.2. The van der Waals surface area contributed by atoms with Gasteiger partial charge in [-0.1, -0.05) is 0 Å². The molecule has 14 heavy (non-hydrogen) atoms. The fourth-order valence-corrected chi connectivity index (χ4v) is 2.27. The van der Waals surface area contributed by atoms with Crippen molar-refractivity contribution in [2.45, 2.75) is 0 Å². The molecule has 0 atom stereocenters. The van der Waals surface area contributed by atoms with E-state index in [9.17, 15) is 9.00 Å². The fraction of sp³-hybridized carbons (Fsp3) is 0.875. The molecule has 1 rings (SSSR count). The lowest BCUT2D eigenvalue weighted by molar-refractivity contribution is -0.135. The molecule has 0 saturated carbocycles. The summed E-state index contributed by atoms with van der Waals surface area (Å²) in [4.78, 5) is 13.1. The number of hydrogen-bond donors (Lipinski definition) is 1. The molecule has 1 fully saturated rings. The quantitative estimate of drug-likeness (QED) is 0.588. The minimum Gasteiger partial charge on any atom is -0.370 e. The normalized spacial score (nSPS) is 18.5. The number of nitrogens with two attached hydrogens (primary N) is 1. The molecule has 0 aromatic carbocycles. The van der Waals surface area contributed by atoms with Crippen LogP contribution in [0.1, 0.15) is 0 Å². The molecule has 82 valence electrons. The highest BCUT2D eigenvalue weighted by molar-refractivity contribution is 7.85. The third-order valence-corrected chi connectivity index (χ3v) is 3.29. The lowest BCUT2D eigenvalue weighted by Crippen LogP contribution is -2.43. The molecule has 0 radical (unpaired) electrons. The monoisotopic (exact) mass is 220 g/mol. The van der Waals surface area contributed by atoms with Crippen LogP contribution in [0.2, 0.25) is 0 Å². The number of carbonyl (C=O) groups excluding carboxylic acids is 1. The minimum absolute atomic E-state index is 0.0323. The lowest BCUT2D eigenvalue weighted by Gasteiger charge is -2.26. The molecule has 0 aromatic heterocycles. The van der Waals surface area contributed by atoms with Crippen LogP contribution in [0.4, 0.5) is 0 Å². The first-order valence-electron chi connectivity index (χ1n) is 4.64. The molecule has 0 bridgehead atoms. The van der Waals surface area contributed by atoms with Gasteiger partial charge in [0.2, 0.25) is 5.91 Å². The van der Waals surface area contributed by atoms with Crippen molar-refractivity contribution in [3.8, 4) is 0 Å². The molecule has 2 N–H and O–H groups in total. The second-order valence-electron chi connectivity index (χ2n) is 3.07. The average Bonchev–Trinajstić information content (AvgIpc) is 2.19. The van der Waals surface area contributed by atoms with Gasteiger partial charge in [-0.3, -0.25) is 9.00 Å². The van der Waals surface area contributed by atoms with Gasteiger partial charge in [-0.15, -0.1) is 0 Å². The Balaban J connectivity index is 2.20. The summed E-state index contributed by atoms with van der Waals surface area (Å²) in [6.45, 7) is 2.08. The van der Waals surface area contributed by atoms with E-state index in [2.05, 4.69) is 0 Å². The predicted octanol–water partition coefficient (Wildman–Crippen LogP) is -1.45. The van der Waals surface area contributed by atoms with E-state index in [1.54, 1.807) is 4.90 Å². The largest absolute Gasteiger partial charge is 0.370 e. The number of amides is 1. The first-order chi connectivity index (χ1) is 6.74. The summed E-state index contributed by atoms with van der Waals surface area (Å²) in [5.74, 6) is 1.14. The van der Waals surface area contributed by atoms with Crippen LogP contribution in [-0.4, -0.2) is 59.4 Å². The molecule has 1 amide bonds. The van der Waals surface area contributed by atoms with Gasteiger partial charge < -0.3 is 15.4 Å². The zero-order valence-electron chi connectivity index (χ0n) is 8.11. The summed E-state index contributed by atoms with van der Waals surface area (Å²) in [5.41, 5.74) is 5.22. The van der Waals surface area contributed by atoms with Gasteiger partial charge in [-0.2, -0.15) is 0 Å². The van der Waals surface area contributed by atoms with Gasteiger partial charge in [0.15, 0.2) is 0 Å². The summed E-state index contributed by atoms with van der Waals surface area (Å²) < 4.78 is 16.0. The van der Waals surface area contributed by atoms with E-state index in [0.717, 1.165) is 0 Å². The number of rotatable bonds is 4. The first kappa shape index (κ1) is 11.6. The molecular weight excluding hydrogens is 204 g/mol. The van der Waals surface area contributed by atoms with Crippen molar-refractivity contribution in [1.29, 1.82) is 0 Å². The van der Waals surface area contributed by atoms with Crippen LogP contribution in [0.3, 0.4) is 0 Å². The summed E-state index contributed by atoms with van der Waals surface area (Å²) in [6.07, 6.45) is 0. The maximum atomic E-state index is 11.4. The molecular formula is C8H16N2O3S. The van der Waals surface area contributed by atoms with E-state index in [1.165, 1.54) is 0 Å². The number of hydrogen-bond acceptors (Lipinski definition) is 4. The van der Waals surface area contributed by atoms with Crippen molar-refractivity contribution < 1.29 is 13.7 Å². The Hall–Kier alpha value is -0.460. The predicted molar refractivity (Wildman–Crippen MR) is 54.3 cm³/mol. The highest BCUT2D eigenvalue weighted by Crippen LogP contribution is 2.00. The second kappa shape index (κ2) is 6.10. The first-order valence-corrected chi connectivity index (χ1v) is 6.13. The molecule has 0 aromatic rings. The van der Waals surface area contributed by atoms with Crippen LogP contribution in [0.5, 0.6) is 0 Å². The van der Waals surface area contributed by atoms with E-state index >= 15 is 0 Å². The smallest absolute Gasteiger partial charge is 0.248 e. The SMILES string of the molecule is NCCOCC(=O)N1CCS(=O)CC1. The Labute approximate surface area is 86.0 Å². The number of nitrogens with zero attached hydrogens (tertiary/aromatic N) is 1. The van der Waals surface area contributed by atoms with Gasteiger partial charge in [0.25, 0.3) is 0 Å². The number of carbonyl (C=O) groups is 1. The van der Waals surface area contributed by atoms with E-state index < -0.39 is 10.8 Å². The molecule has 1 heterocycles. The molecule has 0 unspecified atom stereocenters. The van der Waals surface area contributed by atoms with Crippen LogP contribution in [0.15, 0.2) is 0 Å². The second-order valence-corrected chi connectivity index (χ2v) is 4.77. The average molecular weight is 220 g/mol. The zero-order valence-corrected chi connectivity index (χ0v) is 8.92. The van der Waals surface area contributed by atoms with Crippen molar-refractivity contribution in [3.05, 3.63) is 0 Å². The van der Waals surface area contributed by atoms with Crippen LogP contribution in [0.25, 0.3) is 0 Å². The Morgan fingerprint density at radius 3 is 2.64 bits per heavy atom. The van der Waals surface area contributed by atoms with Crippen molar-refractivity contribution in [2.75, 3.05) is 44.4 Å². The van der Waals surface area contributed by atoms with E-state index in [-0.39, 0.29) is 12.5 Å². The van der Waals surface area contributed by atoms with Crippen LogP contribution in [-0.2, 0) is 20.3 Å². The summed E-state index contributed by atoms with van der Waals surface area (Å²) in [7, 11) is -0.739. The van der Waals surface area contributed by atoms with Gasteiger partial charge in [0.1, 0.15) is 6.61 Å². The minimum atomic E-state index is -0.739. The zero-order chi connectivity index (χ0) is 10.4.